The number of methoxy groups -OCH3 is 1. The van der Waals surface area contributed by atoms with Crippen LogP contribution < -0.4 is 4.72 Å². The van der Waals surface area contributed by atoms with Gasteiger partial charge in [-0.2, -0.15) is 0 Å². The van der Waals surface area contributed by atoms with E-state index in [1.807, 2.05) is 30.3 Å². The predicted molar refractivity (Wildman–Crippen MR) is 115 cm³/mol. The van der Waals surface area contributed by atoms with E-state index >= 15 is 0 Å². The van der Waals surface area contributed by atoms with E-state index in [0.29, 0.717) is 36.2 Å². The highest BCUT2D eigenvalue weighted by atomic mass is 32.2. The molecule has 0 atom stereocenters. The van der Waals surface area contributed by atoms with E-state index in [1.165, 1.54) is 7.11 Å². The molecule has 7 nitrogen and oxygen atoms in total. The van der Waals surface area contributed by atoms with Gasteiger partial charge in [0.25, 0.3) is 10.0 Å². The number of hydrogen-bond acceptors (Lipinski definition) is 6. The Bertz CT molecular complexity index is 1040. The fraction of sp³-hybridized carbons (Fsp3) is 0.333. The Morgan fingerprint density at radius 3 is 2.70 bits per heavy atom. The summed E-state index contributed by atoms with van der Waals surface area (Å²) in [6.07, 6.45) is 3.04. The van der Waals surface area contributed by atoms with Gasteiger partial charge in [0.1, 0.15) is 4.21 Å². The van der Waals surface area contributed by atoms with Crippen LogP contribution in [0.5, 0.6) is 0 Å². The molecule has 0 radical (unpaired) electrons. The van der Waals surface area contributed by atoms with Crippen molar-refractivity contribution in [1.29, 1.82) is 0 Å². The number of hydrogen-bond donors (Lipinski definition) is 1. The maximum atomic E-state index is 13.0. The van der Waals surface area contributed by atoms with Crippen LogP contribution in [0.3, 0.4) is 0 Å². The Hall–Kier alpha value is -2.49. The molecule has 0 aliphatic carbocycles. The highest BCUT2D eigenvalue weighted by Crippen LogP contribution is 2.36. The number of thiophene rings is 1. The Labute approximate surface area is 180 Å². The van der Waals surface area contributed by atoms with Gasteiger partial charge < -0.3 is 9.64 Å². The molecular weight excluding hydrogens is 424 g/mol. The molecule has 3 rings (SSSR count). The summed E-state index contributed by atoms with van der Waals surface area (Å²) in [7, 11) is -2.71. The highest BCUT2D eigenvalue weighted by molar-refractivity contribution is 7.91. The van der Waals surface area contributed by atoms with Crippen molar-refractivity contribution in [2.45, 2.75) is 36.6 Å². The van der Waals surface area contributed by atoms with Crippen molar-refractivity contribution in [3.8, 4) is 0 Å². The quantitative estimate of drug-likeness (QED) is 0.495. The van der Waals surface area contributed by atoms with Crippen LogP contribution in [-0.4, -0.2) is 38.8 Å². The van der Waals surface area contributed by atoms with Crippen LogP contribution in [0.4, 0.5) is 0 Å². The second kappa shape index (κ2) is 9.55. The Kier molecular flexibility index (Phi) is 7.06. The van der Waals surface area contributed by atoms with Crippen LogP contribution in [0.15, 0.2) is 47.2 Å². The van der Waals surface area contributed by atoms with Crippen molar-refractivity contribution in [1.82, 2.24) is 9.62 Å². The molecule has 0 saturated heterocycles. The van der Waals surface area contributed by atoms with Gasteiger partial charge in [-0.25, -0.2) is 17.9 Å². The van der Waals surface area contributed by atoms with Crippen molar-refractivity contribution in [3.63, 3.8) is 0 Å². The third-order valence-corrected chi connectivity index (χ3v) is 8.02. The number of rotatable bonds is 8. The molecule has 2 aromatic rings. The van der Waals surface area contributed by atoms with Crippen molar-refractivity contribution in [2.75, 3.05) is 13.7 Å². The molecule has 1 amide bonds. The Morgan fingerprint density at radius 2 is 2.03 bits per heavy atom. The average molecular weight is 449 g/mol. The summed E-state index contributed by atoms with van der Waals surface area (Å²) in [4.78, 5) is 27.2. The first kappa shape index (κ1) is 22.2. The lowest BCUT2D eigenvalue weighted by molar-refractivity contribution is -0.131. The standard InChI is InChI=1S/C21H24N2O5S2/c1-3-4-10-18(24)23-12-11-16-17(14-23)29-21(19(16)20(25)28-2)30(26,27)22-13-15-8-6-5-7-9-15/h3,5-9,22H,1,4,10-14H2,2H3. The third-order valence-electron chi connectivity index (χ3n) is 4.88. The molecule has 0 spiro atoms. The summed E-state index contributed by atoms with van der Waals surface area (Å²) in [5, 5.41) is 0. The predicted octanol–water partition coefficient (Wildman–Crippen LogP) is 2.86. The second-order valence-corrected chi connectivity index (χ2v) is 9.93. The fourth-order valence-corrected chi connectivity index (χ4v) is 6.27. The van der Waals surface area contributed by atoms with Gasteiger partial charge in [0, 0.05) is 24.4 Å². The fourth-order valence-electron chi connectivity index (χ4n) is 3.31. The zero-order valence-corrected chi connectivity index (χ0v) is 18.4. The summed E-state index contributed by atoms with van der Waals surface area (Å²) in [6.45, 7) is 4.46. The maximum Gasteiger partial charge on any atom is 0.340 e. The van der Waals surface area contributed by atoms with Gasteiger partial charge in [-0.1, -0.05) is 36.4 Å². The molecule has 0 saturated carbocycles. The number of ether oxygens (including phenoxy) is 1. The van der Waals surface area contributed by atoms with Gasteiger partial charge in [0.2, 0.25) is 5.91 Å². The zero-order chi connectivity index (χ0) is 21.7. The first-order chi connectivity index (χ1) is 14.4. The highest BCUT2D eigenvalue weighted by Gasteiger charge is 2.34. The van der Waals surface area contributed by atoms with Crippen LogP contribution >= 0.6 is 11.3 Å². The summed E-state index contributed by atoms with van der Waals surface area (Å²) >= 11 is 1.03. The molecule has 2 heterocycles. The molecule has 1 N–H and O–H groups in total. The van der Waals surface area contributed by atoms with Gasteiger partial charge in [-0.15, -0.1) is 17.9 Å². The number of carbonyl (C=O) groups excluding carboxylic acids is 2. The van der Waals surface area contributed by atoms with E-state index in [1.54, 1.807) is 11.0 Å². The lowest BCUT2D eigenvalue weighted by Crippen LogP contribution is -2.35. The molecule has 0 bridgehead atoms. The summed E-state index contributed by atoms with van der Waals surface area (Å²) in [5.41, 5.74) is 1.54. The minimum absolute atomic E-state index is 0.0137. The van der Waals surface area contributed by atoms with E-state index < -0.39 is 16.0 Å². The number of nitrogens with zero attached hydrogens (tertiary/aromatic N) is 1. The first-order valence-electron chi connectivity index (χ1n) is 9.52. The van der Waals surface area contributed by atoms with E-state index in [0.717, 1.165) is 16.9 Å². The Morgan fingerprint density at radius 1 is 1.30 bits per heavy atom. The van der Waals surface area contributed by atoms with Crippen LogP contribution in [-0.2, 0) is 39.1 Å². The van der Waals surface area contributed by atoms with E-state index in [4.69, 9.17) is 4.74 Å². The molecule has 1 aromatic carbocycles. The zero-order valence-electron chi connectivity index (χ0n) is 16.7. The van der Waals surface area contributed by atoms with E-state index in [-0.39, 0.29) is 28.8 Å². The number of amides is 1. The number of fused-ring (bicyclic) bond motifs is 1. The largest absolute Gasteiger partial charge is 0.465 e. The minimum atomic E-state index is -3.94. The van der Waals surface area contributed by atoms with Gasteiger partial charge >= 0.3 is 5.97 Å². The van der Waals surface area contributed by atoms with Crippen LogP contribution in [0, 0.1) is 0 Å². The number of nitrogens with one attached hydrogen (secondary N) is 1. The van der Waals surface area contributed by atoms with E-state index in [2.05, 4.69) is 11.3 Å². The number of carbonyl (C=O) groups is 2. The molecule has 1 aromatic heterocycles. The van der Waals surface area contributed by atoms with Crippen LogP contribution in [0.1, 0.15) is 39.2 Å². The van der Waals surface area contributed by atoms with Crippen LogP contribution in [0.25, 0.3) is 0 Å². The van der Waals surface area contributed by atoms with Crippen LogP contribution in [0.2, 0.25) is 0 Å². The molecular formula is C21H24N2O5S2. The third kappa shape index (κ3) is 4.80. The summed E-state index contributed by atoms with van der Waals surface area (Å²) in [5.74, 6) is -0.695. The van der Waals surface area contributed by atoms with Gasteiger partial charge in [0.15, 0.2) is 0 Å². The van der Waals surface area contributed by atoms with Crippen molar-refractivity contribution >= 4 is 33.2 Å². The van der Waals surface area contributed by atoms with E-state index in [9.17, 15) is 18.0 Å². The van der Waals surface area contributed by atoms with Crippen molar-refractivity contribution < 1.29 is 22.7 Å². The SMILES string of the molecule is C=CCCC(=O)N1CCc2c(sc(S(=O)(=O)NCc3ccccc3)c2C(=O)OC)C1. The minimum Gasteiger partial charge on any atom is -0.465 e. The first-order valence-corrected chi connectivity index (χ1v) is 11.8. The number of benzene rings is 1. The molecule has 0 unspecified atom stereocenters. The number of esters is 1. The molecule has 9 heteroatoms. The van der Waals surface area contributed by atoms with Crippen molar-refractivity contribution in [3.05, 3.63) is 64.6 Å². The Balaban J connectivity index is 1.89. The van der Waals surface area contributed by atoms with Crippen molar-refractivity contribution in [2.24, 2.45) is 0 Å². The molecule has 0 fully saturated rings. The molecule has 1 aliphatic rings. The summed E-state index contributed by atoms with van der Waals surface area (Å²) < 4.78 is 33.4. The average Bonchev–Trinajstić information content (AvgIpc) is 3.16. The normalized spacial score (nSPS) is 13.6. The summed E-state index contributed by atoms with van der Waals surface area (Å²) in [6, 6.07) is 9.13. The second-order valence-electron chi connectivity index (χ2n) is 6.86. The van der Waals surface area contributed by atoms with Gasteiger partial charge in [0.05, 0.1) is 19.2 Å². The monoisotopic (exact) mass is 448 g/mol. The number of allylic oxidation sites excluding steroid dienone is 1. The molecule has 30 heavy (non-hydrogen) atoms. The molecule has 1 aliphatic heterocycles. The molecule has 160 valence electrons. The lowest BCUT2D eigenvalue weighted by Gasteiger charge is -2.27. The lowest BCUT2D eigenvalue weighted by atomic mass is 10.0. The van der Waals surface area contributed by atoms with Gasteiger partial charge in [-0.05, 0) is 24.0 Å². The topological polar surface area (TPSA) is 92.8 Å². The number of sulfonamides is 1. The van der Waals surface area contributed by atoms with Gasteiger partial charge in [-0.3, -0.25) is 4.79 Å². The maximum absolute atomic E-state index is 13.0. The smallest absolute Gasteiger partial charge is 0.340 e.